The molecule has 4 nitrogen and oxygen atoms in total. The van der Waals surface area contributed by atoms with Crippen molar-refractivity contribution < 1.29 is 25.8 Å². The van der Waals surface area contributed by atoms with E-state index in [-0.39, 0.29) is 12.5 Å². The van der Waals surface area contributed by atoms with Crippen LogP contribution in [0, 0.1) is 5.92 Å². The first-order valence-corrected chi connectivity index (χ1v) is 7.26. The fourth-order valence-corrected chi connectivity index (χ4v) is 1.89. The number of rotatable bonds is 5. The van der Waals surface area contributed by atoms with E-state index in [1.165, 1.54) is 6.07 Å². The average molecular weight is 297 g/mol. The first-order chi connectivity index (χ1) is 8.58. The number of halogens is 3. The Morgan fingerprint density at radius 2 is 2.00 bits per heavy atom. The van der Waals surface area contributed by atoms with E-state index in [2.05, 4.69) is 9.17 Å². The predicted molar refractivity (Wildman–Crippen MR) is 62.9 cm³/mol. The van der Waals surface area contributed by atoms with Crippen LogP contribution in [-0.4, -0.2) is 26.3 Å². The van der Waals surface area contributed by atoms with Crippen LogP contribution < -0.4 is 0 Å². The molecule has 0 unspecified atom stereocenters. The molecule has 0 N–H and O–H groups in total. The monoisotopic (exact) mass is 297 g/mol. The summed E-state index contributed by atoms with van der Waals surface area (Å²) in [5.41, 5.74) is -0.353. The summed E-state index contributed by atoms with van der Waals surface area (Å²) in [7, 11) is -3.50. The van der Waals surface area contributed by atoms with E-state index in [0.29, 0.717) is 12.0 Å². The maximum Gasteiger partial charge on any atom is 0.433 e. The summed E-state index contributed by atoms with van der Waals surface area (Å²) in [5.74, 6) is -0.145. The van der Waals surface area contributed by atoms with Crippen LogP contribution in [0.25, 0.3) is 0 Å². The zero-order valence-corrected chi connectivity index (χ0v) is 11.3. The van der Waals surface area contributed by atoms with Crippen LogP contribution in [0.15, 0.2) is 18.3 Å². The molecule has 1 rings (SSSR count). The highest BCUT2D eigenvalue weighted by Crippen LogP contribution is 2.27. The van der Waals surface area contributed by atoms with Gasteiger partial charge < -0.3 is 0 Å². The second-order valence-corrected chi connectivity index (χ2v) is 5.99. The van der Waals surface area contributed by atoms with Crippen molar-refractivity contribution in [2.24, 2.45) is 5.92 Å². The van der Waals surface area contributed by atoms with Gasteiger partial charge in [-0.3, -0.25) is 9.17 Å². The Morgan fingerprint density at radius 3 is 2.42 bits per heavy atom. The van der Waals surface area contributed by atoms with Gasteiger partial charge in [-0.15, -0.1) is 0 Å². The second kappa shape index (κ2) is 5.87. The molecule has 1 atom stereocenters. The number of hydrogen-bond donors (Lipinski definition) is 0. The fraction of sp³-hybridized carbons (Fsp3) is 0.545. The summed E-state index contributed by atoms with van der Waals surface area (Å²) in [5, 5.41) is 0. The van der Waals surface area contributed by atoms with Gasteiger partial charge >= 0.3 is 6.18 Å². The highest BCUT2D eigenvalue weighted by Gasteiger charge is 2.32. The summed E-state index contributed by atoms with van der Waals surface area (Å²) < 4.78 is 63.0. The maximum absolute atomic E-state index is 12.3. The van der Waals surface area contributed by atoms with Gasteiger partial charge in [0.15, 0.2) is 0 Å². The van der Waals surface area contributed by atoms with Crippen molar-refractivity contribution in [3.05, 3.63) is 29.6 Å². The maximum atomic E-state index is 12.3. The van der Waals surface area contributed by atoms with Gasteiger partial charge in [-0.05, 0) is 24.0 Å². The summed E-state index contributed by atoms with van der Waals surface area (Å²) in [6, 6.07) is 2.23. The molecular formula is C11H14F3NO3S. The topological polar surface area (TPSA) is 56.3 Å². The molecule has 0 aliphatic heterocycles. The van der Waals surface area contributed by atoms with Crippen molar-refractivity contribution in [3.8, 4) is 0 Å². The predicted octanol–water partition coefficient (Wildman–Crippen LogP) is 2.26. The molecule has 0 fully saturated rings. The van der Waals surface area contributed by atoms with Crippen molar-refractivity contribution in [2.45, 2.75) is 19.5 Å². The molecule has 0 radical (unpaired) electrons. The molecule has 108 valence electrons. The lowest BCUT2D eigenvalue weighted by Crippen LogP contribution is -2.13. The summed E-state index contributed by atoms with van der Waals surface area (Å²) in [4.78, 5) is 3.33. The molecule has 1 aromatic heterocycles. The van der Waals surface area contributed by atoms with E-state index in [0.717, 1.165) is 18.5 Å². The molecular weight excluding hydrogens is 283 g/mol. The Balaban J connectivity index is 2.58. The first-order valence-electron chi connectivity index (χ1n) is 5.44. The lowest BCUT2D eigenvalue weighted by atomic mass is 10.0. The van der Waals surface area contributed by atoms with Gasteiger partial charge in [0, 0.05) is 6.20 Å². The molecule has 0 saturated carbocycles. The minimum Gasteiger partial charge on any atom is -0.270 e. The van der Waals surface area contributed by atoms with Gasteiger partial charge in [0.05, 0.1) is 12.9 Å². The van der Waals surface area contributed by atoms with Gasteiger partial charge in [-0.25, -0.2) is 0 Å². The average Bonchev–Trinajstić information content (AvgIpc) is 2.25. The van der Waals surface area contributed by atoms with E-state index in [1.807, 2.05) is 0 Å². The SMILES string of the molecule is C[C@@H](COS(C)(=O)=O)Cc1ccc(C(F)(F)F)nc1. The third-order valence-electron chi connectivity index (χ3n) is 2.27. The number of hydrogen-bond acceptors (Lipinski definition) is 4. The standard InChI is InChI=1S/C11H14F3NO3S/c1-8(7-18-19(2,16)17)5-9-3-4-10(15-6-9)11(12,13)14/h3-4,6,8H,5,7H2,1-2H3/t8-/m1/s1. The molecule has 0 aromatic carbocycles. The van der Waals surface area contributed by atoms with Gasteiger partial charge in [0.25, 0.3) is 10.1 Å². The molecule has 19 heavy (non-hydrogen) atoms. The lowest BCUT2D eigenvalue weighted by molar-refractivity contribution is -0.141. The molecule has 0 aliphatic rings. The van der Waals surface area contributed by atoms with Crippen LogP contribution in [0.5, 0.6) is 0 Å². The van der Waals surface area contributed by atoms with Gasteiger partial charge in [0.2, 0.25) is 0 Å². The zero-order valence-electron chi connectivity index (χ0n) is 10.4. The van der Waals surface area contributed by atoms with Gasteiger partial charge in [-0.1, -0.05) is 13.0 Å². The summed E-state index contributed by atoms with van der Waals surface area (Å²) >= 11 is 0. The number of pyridine rings is 1. The first kappa shape index (κ1) is 15.9. The van der Waals surface area contributed by atoms with Gasteiger partial charge in [0.1, 0.15) is 5.69 Å². The number of alkyl halides is 3. The van der Waals surface area contributed by atoms with E-state index in [4.69, 9.17) is 0 Å². The summed E-state index contributed by atoms with van der Waals surface area (Å²) in [6.07, 6.45) is -1.98. The Hall–Kier alpha value is -1.15. The molecule has 1 aromatic rings. The van der Waals surface area contributed by atoms with Crippen LogP contribution in [0.1, 0.15) is 18.2 Å². The second-order valence-electron chi connectivity index (χ2n) is 4.35. The minimum absolute atomic E-state index is 0.0140. The van der Waals surface area contributed by atoms with Crippen molar-refractivity contribution in [1.82, 2.24) is 4.98 Å². The molecule has 1 heterocycles. The van der Waals surface area contributed by atoms with Crippen LogP contribution in [0.4, 0.5) is 13.2 Å². The molecule has 0 bridgehead atoms. The molecule has 0 aliphatic carbocycles. The molecule has 0 spiro atoms. The largest absolute Gasteiger partial charge is 0.433 e. The van der Waals surface area contributed by atoms with Crippen LogP contribution in [-0.2, 0) is 26.9 Å². The Kier molecular flexibility index (Phi) is 4.92. The van der Waals surface area contributed by atoms with Gasteiger partial charge in [-0.2, -0.15) is 21.6 Å². The smallest absolute Gasteiger partial charge is 0.270 e. The Morgan fingerprint density at radius 1 is 1.37 bits per heavy atom. The number of nitrogens with zero attached hydrogens (tertiary/aromatic N) is 1. The Bertz CT molecular complexity index is 511. The van der Waals surface area contributed by atoms with Crippen LogP contribution in [0.3, 0.4) is 0 Å². The van der Waals surface area contributed by atoms with Crippen LogP contribution in [0.2, 0.25) is 0 Å². The van der Waals surface area contributed by atoms with Crippen LogP contribution >= 0.6 is 0 Å². The fourth-order valence-electron chi connectivity index (χ4n) is 1.41. The normalized spacial score (nSPS) is 14.4. The van der Waals surface area contributed by atoms with E-state index >= 15 is 0 Å². The Labute approximate surface area is 109 Å². The molecule has 8 heteroatoms. The van der Waals surface area contributed by atoms with E-state index < -0.39 is 22.0 Å². The highest BCUT2D eigenvalue weighted by molar-refractivity contribution is 7.85. The van der Waals surface area contributed by atoms with Crippen molar-refractivity contribution in [1.29, 1.82) is 0 Å². The van der Waals surface area contributed by atoms with Crippen molar-refractivity contribution in [3.63, 3.8) is 0 Å². The third-order valence-corrected chi connectivity index (χ3v) is 2.83. The highest BCUT2D eigenvalue weighted by atomic mass is 32.2. The third kappa shape index (κ3) is 6.02. The minimum atomic E-state index is -4.45. The molecule has 0 amide bonds. The molecule has 0 saturated heterocycles. The van der Waals surface area contributed by atoms with E-state index in [1.54, 1.807) is 6.92 Å². The van der Waals surface area contributed by atoms with E-state index in [9.17, 15) is 21.6 Å². The number of aromatic nitrogens is 1. The van der Waals surface area contributed by atoms with Crippen molar-refractivity contribution in [2.75, 3.05) is 12.9 Å². The van der Waals surface area contributed by atoms with Crippen molar-refractivity contribution >= 4 is 10.1 Å². The zero-order chi connectivity index (χ0) is 14.7. The quantitative estimate of drug-likeness (QED) is 0.782. The lowest BCUT2D eigenvalue weighted by Gasteiger charge is -2.11. The summed E-state index contributed by atoms with van der Waals surface area (Å²) in [6.45, 7) is 1.72.